The normalized spacial score (nSPS) is 53.1. The quantitative estimate of drug-likeness (QED) is 0.112. The maximum atomic E-state index is 11.2. The van der Waals surface area contributed by atoms with E-state index in [1.165, 1.54) is 0 Å². The highest BCUT2D eigenvalue weighted by Crippen LogP contribution is 2.34. The van der Waals surface area contributed by atoms with Crippen molar-refractivity contribution in [3.63, 3.8) is 0 Å². The molecule has 4 aliphatic rings. The van der Waals surface area contributed by atoms with Crippen LogP contribution < -0.4 is 0 Å². The first kappa shape index (κ1) is 35.1. The Morgan fingerprint density at radius 2 is 0.953 bits per heavy atom. The fraction of sp³-hybridized carbons (Fsp3) is 1.00. The molecule has 4 rings (SSSR count). The minimum absolute atomic E-state index is 0.490. The minimum Gasteiger partial charge on any atom is -0.394 e. The zero-order valence-electron chi connectivity index (χ0n) is 22.5. The first-order valence-electron chi connectivity index (χ1n) is 13.5. The fourth-order valence-corrected chi connectivity index (χ4v) is 5.23. The van der Waals surface area contributed by atoms with Gasteiger partial charge in [0.05, 0.1) is 26.4 Å². The van der Waals surface area contributed by atoms with Gasteiger partial charge in [0.1, 0.15) is 91.6 Å². The molecule has 252 valence electrons. The maximum absolute atomic E-state index is 11.2. The molecule has 20 nitrogen and oxygen atoms in total. The summed E-state index contributed by atoms with van der Waals surface area (Å²) >= 11 is 0. The fourth-order valence-electron chi connectivity index (χ4n) is 5.23. The SMILES string of the molecule is OC[C@@H]1O[C@H](O[C@@H]2[C@H](O)[C@H](O[C@H]3O[C@@H](CO)[C@@H](O)[C@@H](O)[C@H]3O[C@@H]3OC[C@@H](O)[C@H](O)[C@@H]3O)[C@H](CO)O[C@@H]2O)[C@H](O)[C@H](O)[C@@H]1O. The second-order valence-corrected chi connectivity index (χ2v) is 10.7. The smallest absolute Gasteiger partial charge is 0.187 e. The van der Waals surface area contributed by atoms with Crippen molar-refractivity contribution in [1.82, 2.24) is 0 Å². The molecule has 0 saturated carbocycles. The van der Waals surface area contributed by atoms with E-state index in [1.807, 2.05) is 0 Å². The molecular formula is C23H40O20. The van der Waals surface area contributed by atoms with E-state index in [4.69, 9.17) is 33.2 Å². The van der Waals surface area contributed by atoms with Crippen LogP contribution in [0.5, 0.6) is 0 Å². The van der Waals surface area contributed by atoms with Crippen molar-refractivity contribution < 1.29 is 99.5 Å². The monoisotopic (exact) mass is 636 g/mol. The Labute approximate surface area is 243 Å². The van der Waals surface area contributed by atoms with Crippen molar-refractivity contribution in [3.8, 4) is 0 Å². The standard InChI is InChI=1S/C23H40O20/c24-1-6-10(29)12(31)15(34)22(39-6)42-18-16(35)17(8(3-26)38-20(18)36)41-23-19(13(32)11(30)7(2-25)40-23)43-21-14(33)9(28)5(27)4-37-21/h5-36H,1-4H2/t5-,6+,7+,8+,9+,10-,11-,12-,13-,14+,15-,16-,17-,18-,19-,20+,21+,22-,23-/m1/s1. The third-order valence-electron chi connectivity index (χ3n) is 7.82. The van der Waals surface area contributed by atoms with Gasteiger partial charge in [-0.2, -0.15) is 0 Å². The van der Waals surface area contributed by atoms with Gasteiger partial charge >= 0.3 is 0 Å². The lowest BCUT2D eigenvalue weighted by Crippen LogP contribution is -2.67. The van der Waals surface area contributed by atoms with Gasteiger partial charge in [0.25, 0.3) is 0 Å². The molecule has 43 heavy (non-hydrogen) atoms. The molecule has 13 N–H and O–H groups in total. The Hall–Kier alpha value is -0.800. The van der Waals surface area contributed by atoms with Crippen LogP contribution in [0.2, 0.25) is 0 Å². The highest BCUT2D eigenvalue weighted by atomic mass is 16.8. The number of aliphatic hydroxyl groups excluding tert-OH is 13. The van der Waals surface area contributed by atoms with Gasteiger partial charge in [-0.3, -0.25) is 0 Å². The van der Waals surface area contributed by atoms with E-state index >= 15 is 0 Å². The summed E-state index contributed by atoms with van der Waals surface area (Å²) in [6, 6.07) is 0. The summed E-state index contributed by atoms with van der Waals surface area (Å²) in [7, 11) is 0. The number of aliphatic hydroxyl groups is 13. The molecule has 19 atom stereocenters. The summed E-state index contributed by atoms with van der Waals surface area (Å²) in [6.45, 7) is -3.01. The summed E-state index contributed by atoms with van der Waals surface area (Å²) in [4.78, 5) is 0. The zero-order valence-corrected chi connectivity index (χ0v) is 22.5. The number of ether oxygens (including phenoxy) is 7. The highest BCUT2D eigenvalue weighted by Gasteiger charge is 2.55. The van der Waals surface area contributed by atoms with E-state index in [1.54, 1.807) is 0 Å². The number of rotatable bonds is 9. The van der Waals surface area contributed by atoms with Crippen molar-refractivity contribution in [2.45, 2.75) is 117 Å². The van der Waals surface area contributed by atoms with E-state index in [-0.39, 0.29) is 0 Å². The van der Waals surface area contributed by atoms with Crippen LogP contribution in [0.25, 0.3) is 0 Å². The van der Waals surface area contributed by atoms with Gasteiger partial charge in [-0.25, -0.2) is 0 Å². The van der Waals surface area contributed by atoms with Crippen LogP contribution in [-0.4, -0.2) is 210 Å². The van der Waals surface area contributed by atoms with Crippen LogP contribution in [-0.2, 0) is 33.2 Å². The molecule has 0 bridgehead atoms. The average Bonchev–Trinajstić information content (AvgIpc) is 2.99. The van der Waals surface area contributed by atoms with E-state index in [0.29, 0.717) is 0 Å². The lowest BCUT2D eigenvalue weighted by atomic mass is 9.96. The molecule has 20 heteroatoms. The van der Waals surface area contributed by atoms with Crippen LogP contribution in [0.1, 0.15) is 0 Å². The Bertz CT molecular complexity index is 869. The Kier molecular flexibility index (Phi) is 12.0. The molecule has 4 saturated heterocycles. The summed E-state index contributed by atoms with van der Waals surface area (Å²) < 4.78 is 38.0. The van der Waals surface area contributed by atoms with Crippen LogP contribution in [0.4, 0.5) is 0 Å². The van der Waals surface area contributed by atoms with Gasteiger partial charge in [0, 0.05) is 0 Å². The second kappa shape index (κ2) is 14.7. The maximum Gasteiger partial charge on any atom is 0.187 e. The molecule has 4 fully saturated rings. The lowest BCUT2D eigenvalue weighted by Gasteiger charge is -2.49. The average molecular weight is 637 g/mol. The van der Waals surface area contributed by atoms with E-state index < -0.39 is 143 Å². The Balaban J connectivity index is 1.55. The zero-order chi connectivity index (χ0) is 31.7. The van der Waals surface area contributed by atoms with Gasteiger partial charge in [0.2, 0.25) is 0 Å². The highest BCUT2D eigenvalue weighted by molar-refractivity contribution is 4.97. The predicted octanol–water partition coefficient (Wildman–Crippen LogP) is -9.11. The molecule has 4 aliphatic heterocycles. The second-order valence-electron chi connectivity index (χ2n) is 10.7. The van der Waals surface area contributed by atoms with Gasteiger partial charge < -0.3 is 99.5 Å². The summed E-state index contributed by atoms with van der Waals surface area (Å²) in [5.41, 5.74) is 0. The predicted molar refractivity (Wildman–Crippen MR) is 128 cm³/mol. The van der Waals surface area contributed by atoms with Crippen molar-refractivity contribution in [1.29, 1.82) is 0 Å². The molecule has 0 unspecified atom stereocenters. The number of hydrogen-bond donors (Lipinski definition) is 13. The van der Waals surface area contributed by atoms with Gasteiger partial charge in [-0.05, 0) is 0 Å². The third-order valence-corrected chi connectivity index (χ3v) is 7.82. The summed E-state index contributed by atoms with van der Waals surface area (Å²) in [5, 5.41) is 132. The molecule has 0 aliphatic carbocycles. The Morgan fingerprint density at radius 3 is 1.56 bits per heavy atom. The minimum atomic E-state index is -2.00. The van der Waals surface area contributed by atoms with Gasteiger partial charge in [-0.1, -0.05) is 0 Å². The molecule has 4 heterocycles. The van der Waals surface area contributed by atoms with Gasteiger partial charge in [0.15, 0.2) is 25.2 Å². The first-order valence-corrected chi connectivity index (χ1v) is 13.5. The van der Waals surface area contributed by atoms with Crippen molar-refractivity contribution in [2.24, 2.45) is 0 Å². The molecule has 0 spiro atoms. The van der Waals surface area contributed by atoms with Crippen LogP contribution in [0.3, 0.4) is 0 Å². The molecular weight excluding hydrogens is 596 g/mol. The Morgan fingerprint density at radius 1 is 0.442 bits per heavy atom. The van der Waals surface area contributed by atoms with E-state index in [0.717, 1.165) is 0 Å². The van der Waals surface area contributed by atoms with Crippen molar-refractivity contribution in [3.05, 3.63) is 0 Å². The van der Waals surface area contributed by atoms with Crippen LogP contribution >= 0.6 is 0 Å². The topological polar surface area (TPSA) is 328 Å². The molecule has 0 aromatic rings. The molecule has 0 aromatic heterocycles. The lowest BCUT2D eigenvalue weighted by molar-refractivity contribution is -0.394. The molecule has 0 aromatic carbocycles. The van der Waals surface area contributed by atoms with Crippen LogP contribution in [0, 0.1) is 0 Å². The summed E-state index contributed by atoms with van der Waals surface area (Å²) in [5.74, 6) is 0. The van der Waals surface area contributed by atoms with Gasteiger partial charge in [-0.15, -0.1) is 0 Å². The molecule has 0 radical (unpaired) electrons. The largest absolute Gasteiger partial charge is 0.394 e. The first-order chi connectivity index (χ1) is 20.3. The van der Waals surface area contributed by atoms with E-state index in [9.17, 15) is 66.4 Å². The third kappa shape index (κ3) is 7.13. The van der Waals surface area contributed by atoms with Crippen molar-refractivity contribution in [2.75, 3.05) is 26.4 Å². The van der Waals surface area contributed by atoms with E-state index in [2.05, 4.69) is 0 Å². The number of hydrogen-bond acceptors (Lipinski definition) is 20. The van der Waals surface area contributed by atoms with Crippen molar-refractivity contribution >= 4 is 0 Å². The molecule has 0 amide bonds. The summed E-state index contributed by atoms with van der Waals surface area (Å²) in [6.07, 6.45) is -33.3. The van der Waals surface area contributed by atoms with Crippen LogP contribution in [0.15, 0.2) is 0 Å².